The number of hydrogen-bond acceptors (Lipinski definition) is 3. The number of hydrogen-bond donors (Lipinski definition) is 1. The van der Waals surface area contributed by atoms with Gasteiger partial charge in [-0.2, -0.15) is 0 Å². The van der Waals surface area contributed by atoms with E-state index in [1.807, 2.05) is 0 Å². The lowest BCUT2D eigenvalue weighted by molar-refractivity contribution is -0.119. The van der Waals surface area contributed by atoms with E-state index in [9.17, 15) is 13.2 Å². The van der Waals surface area contributed by atoms with Gasteiger partial charge in [0.15, 0.2) is 0 Å². The highest BCUT2D eigenvalue weighted by atomic mass is 79.9. The minimum absolute atomic E-state index is 0.0810. The number of benzene rings is 1. The summed E-state index contributed by atoms with van der Waals surface area (Å²) in [5, 5.41) is 2.57. The Bertz CT molecular complexity index is 625. The zero-order valence-electron chi connectivity index (χ0n) is 9.04. The van der Waals surface area contributed by atoms with Crippen LogP contribution in [0, 0.1) is 0 Å². The Morgan fingerprint density at radius 1 is 1.35 bits per heavy atom. The third-order valence-corrected chi connectivity index (χ3v) is 4.61. The Labute approximate surface area is 112 Å². The molecule has 1 N–H and O–H groups in total. The SMILES string of the molecule is CC1(C)C(=O)Nc2c1cc(Br)cc2S(=O)(=O)Cl. The molecule has 0 aliphatic carbocycles. The number of fused-ring (bicyclic) bond motifs is 1. The van der Waals surface area contributed by atoms with E-state index in [0.29, 0.717) is 10.0 Å². The summed E-state index contributed by atoms with van der Waals surface area (Å²) in [5.41, 5.74) is 0.129. The fourth-order valence-electron chi connectivity index (χ4n) is 1.79. The van der Waals surface area contributed by atoms with E-state index in [4.69, 9.17) is 10.7 Å². The van der Waals surface area contributed by atoms with Crippen LogP contribution in [0.15, 0.2) is 21.5 Å². The van der Waals surface area contributed by atoms with Crippen molar-refractivity contribution in [1.29, 1.82) is 0 Å². The van der Waals surface area contributed by atoms with Gasteiger partial charge in [0.2, 0.25) is 5.91 Å². The van der Waals surface area contributed by atoms with Gasteiger partial charge in [-0.25, -0.2) is 8.42 Å². The van der Waals surface area contributed by atoms with Crippen molar-refractivity contribution in [3.05, 3.63) is 22.2 Å². The molecular formula is C10H9BrClNO3S. The predicted octanol–water partition coefficient (Wildman–Crippen LogP) is 2.61. The summed E-state index contributed by atoms with van der Waals surface area (Å²) in [5.74, 6) is -0.243. The molecule has 7 heteroatoms. The molecule has 0 saturated carbocycles. The quantitative estimate of drug-likeness (QED) is 0.801. The van der Waals surface area contributed by atoms with Crippen LogP contribution in [0.5, 0.6) is 0 Å². The zero-order chi connectivity index (χ0) is 13.0. The molecule has 0 spiro atoms. The minimum Gasteiger partial charge on any atom is -0.324 e. The summed E-state index contributed by atoms with van der Waals surface area (Å²) < 4.78 is 23.5. The molecule has 0 atom stereocenters. The fourth-order valence-corrected chi connectivity index (χ4v) is 3.44. The van der Waals surface area contributed by atoms with E-state index in [2.05, 4.69) is 21.2 Å². The summed E-state index contributed by atoms with van der Waals surface area (Å²) in [6, 6.07) is 3.10. The van der Waals surface area contributed by atoms with E-state index in [0.717, 1.165) is 0 Å². The van der Waals surface area contributed by atoms with E-state index >= 15 is 0 Å². The summed E-state index contributed by atoms with van der Waals surface area (Å²) in [7, 11) is 1.46. The van der Waals surface area contributed by atoms with Crippen LogP contribution in [0.4, 0.5) is 5.69 Å². The molecular weight excluding hydrogens is 330 g/mol. The summed E-state index contributed by atoms with van der Waals surface area (Å²) in [6.45, 7) is 3.45. The highest BCUT2D eigenvalue weighted by Crippen LogP contribution is 2.43. The zero-order valence-corrected chi connectivity index (χ0v) is 12.2. The molecule has 0 radical (unpaired) electrons. The molecule has 92 valence electrons. The molecule has 1 aromatic rings. The number of nitrogens with one attached hydrogen (secondary N) is 1. The van der Waals surface area contributed by atoms with E-state index in [-0.39, 0.29) is 16.5 Å². The van der Waals surface area contributed by atoms with Gasteiger partial charge in [0.25, 0.3) is 9.05 Å². The molecule has 1 aliphatic rings. The van der Waals surface area contributed by atoms with Crippen LogP contribution in [0.2, 0.25) is 0 Å². The maximum absolute atomic E-state index is 11.8. The molecule has 1 amide bonds. The second-order valence-electron chi connectivity index (χ2n) is 4.34. The van der Waals surface area contributed by atoms with E-state index in [1.54, 1.807) is 19.9 Å². The maximum Gasteiger partial charge on any atom is 0.263 e. The normalized spacial score (nSPS) is 17.8. The Kier molecular flexibility index (Phi) is 2.80. The van der Waals surface area contributed by atoms with Gasteiger partial charge in [-0.15, -0.1) is 0 Å². The van der Waals surface area contributed by atoms with Crippen molar-refractivity contribution in [2.24, 2.45) is 0 Å². The number of rotatable bonds is 1. The van der Waals surface area contributed by atoms with Crippen LogP contribution >= 0.6 is 26.6 Å². The molecule has 0 unspecified atom stereocenters. The number of carbonyl (C=O) groups is 1. The van der Waals surface area contributed by atoms with Gasteiger partial charge < -0.3 is 5.32 Å². The summed E-state index contributed by atoms with van der Waals surface area (Å²) >= 11 is 3.22. The Balaban J connectivity index is 2.83. The van der Waals surface area contributed by atoms with Gasteiger partial charge >= 0.3 is 0 Å². The molecule has 1 aliphatic heterocycles. The summed E-state index contributed by atoms with van der Waals surface area (Å²) in [4.78, 5) is 11.7. The van der Waals surface area contributed by atoms with Crippen LogP contribution in [0.25, 0.3) is 0 Å². The number of anilines is 1. The first-order chi connectivity index (χ1) is 7.64. The highest BCUT2D eigenvalue weighted by molar-refractivity contribution is 9.10. The van der Waals surface area contributed by atoms with Crippen molar-refractivity contribution in [2.75, 3.05) is 5.32 Å². The second kappa shape index (κ2) is 3.70. The van der Waals surface area contributed by atoms with Crippen molar-refractivity contribution in [3.63, 3.8) is 0 Å². The Morgan fingerprint density at radius 3 is 2.47 bits per heavy atom. The first-order valence-corrected chi connectivity index (χ1v) is 7.84. The van der Waals surface area contributed by atoms with Gasteiger partial charge in [0.05, 0.1) is 11.1 Å². The van der Waals surface area contributed by atoms with Crippen LogP contribution in [-0.2, 0) is 19.3 Å². The molecule has 1 heterocycles. The molecule has 1 aromatic carbocycles. The van der Waals surface area contributed by atoms with Crippen LogP contribution in [0.3, 0.4) is 0 Å². The van der Waals surface area contributed by atoms with E-state index < -0.39 is 14.5 Å². The van der Waals surface area contributed by atoms with Crippen molar-refractivity contribution < 1.29 is 13.2 Å². The molecule has 17 heavy (non-hydrogen) atoms. The largest absolute Gasteiger partial charge is 0.324 e. The molecule has 0 saturated heterocycles. The monoisotopic (exact) mass is 337 g/mol. The molecule has 4 nitrogen and oxygen atoms in total. The lowest BCUT2D eigenvalue weighted by Crippen LogP contribution is -2.26. The van der Waals surface area contributed by atoms with Gasteiger partial charge in [-0.1, -0.05) is 15.9 Å². The van der Waals surface area contributed by atoms with Crippen molar-refractivity contribution >= 4 is 47.3 Å². The third-order valence-electron chi connectivity index (χ3n) is 2.81. The van der Waals surface area contributed by atoms with E-state index in [1.165, 1.54) is 6.07 Å². The Morgan fingerprint density at radius 2 is 1.94 bits per heavy atom. The lowest BCUT2D eigenvalue weighted by Gasteiger charge is -2.15. The predicted molar refractivity (Wildman–Crippen MR) is 68.8 cm³/mol. The van der Waals surface area contributed by atoms with Crippen molar-refractivity contribution in [2.45, 2.75) is 24.2 Å². The molecule has 0 bridgehead atoms. The van der Waals surface area contributed by atoms with Crippen LogP contribution in [-0.4, -0.2) is 14.3 Å². The molecule has 0 aromatic heterocycles. The Hall–Kier alpha value is -0.590. The summed E-state index contributed by atoms with van der Waals surface area (Å²) in [6.07, 6.45) is 0. The average Bonchev–Trinajstić information content (AvgIpc) is 2.38. The molecule has 0 fully saturated rings. The van der Waals surface area contributed by atoms with Crippen molar-refractivity contribution in [3.8, 4) is 0 Å². The number of amides is 1. The standard InChI is InChI=1S/C10H9BrClNO3S/c1-10(2)6-3-5(11)4-7(17(12,15)16)8(6)13-9(10)14/h3-4H,1-2H3,(H,13,14). The topological polar surface area (TPSA) is 63.2 Å². The average molecular weight is 339 g/mol. The fraction of sp³-hybridized carbons (Fsp3) is 0.300. The highest BCUT2D eigenvalue weighted by Gasteiger charge is 2.41. The van der Waals surface area contributed by atoms with Crippen LogP contribution in [0.1, 0.15) is 19.4 Å². The first-order valence-electron chi connectivity index (χ1n) is 4.74. The van der Waals surface area contributed by atoms with Crippen molar-refractivity contribution in [1.82, 2.24) is 0 Å². The van der Waals surface area contributed by atoms with Gasteiger partial charge in [-0.3, -0.25) is 4.79 Å². The number of carbonyl (C=O) groups excluding carboxylic acids is 1. The minimum atomic E-state index is -3.90. The van der Waals surface area contributed by atoms with Gasteiger partial charge in [0.1, 0.15) is 4.90 Å². The first kappa shape index (κ1) is 12.9. The van der Waals surface area contributed by atoms with Gasteiger partial charge in [-0.05, 0) is 31.5 Å². The smallest absolute Gasteiger partial charge is 0.263 e. The van der Waals surface area contributed by atoms with Crippen LogP contribution < -0.4 is 5.32 Å². The second-order valence-corrected chi connectivity index (χ2v) is 7.79. The third kappa shape index (κ3) is 1.98. The number of halogens is 2. The maximum atomic E-state index is 11.8. The van der Waals surface area contributed by atoms with Gasteiger partial charge in [0, 0.05) is 15.2 Å². The lowest BCUT2D eigenvalue weighted by atomic mass is 9.86. The molecule has 2 rings (SSSR count).